The molecular weight excluding hydrogens is 392 g/mol. The molecule has 0 radical (unpaired) electrons. The molecule has 0 atom stereocenters. The third-order valence-electron chi connectivity index (χ3n) is 5.67. The number of fused-ring (bicyclic) bond motifs is 1. The molecule has 4 aromatic rings. The molecular formula is C26H25ClN2O. The van der Waals surface area contributed by atoms with Gasteiger partial charge in [0.1, 0.15) is 0 Å². The number of carbonyl (C=O) groups is 1. The largest absolute Gasteiger partial charge is 0.348 e. The lowest BCUT2D eigenvalue weighted by molar-refractivity contribution is 0.0951. The van der Waals surface area contributed by atoms with Crippen molar-refractivity contribution >= 4 is 28.4 Å². The lowest BCUT2D eigenvalue weighted by atomic mass is 10.1. The van der Waals surface area contributed by atoms with Gasteiger partial charge in [-0.2, -0.15) is 0 Å². The fourth-order valence-electron chi connectivity index (χ4n) is 3.92. The number of rotatable bonds is 5. The van der Waals surface area contributed by atoms with E-state index in [-0.39, 0.29) is 5.91 Å². The number of hydrogen-bond acceptors (Lipinski definition) is 1. The number of nitrogens with zero attached hydrogens (tertiary/aromatic N) is 1. The van der Waals surface area contributed by atoms with Crippen LogP contribution in [-0.4, -0.2) is 10.5 Å². The van der Waals surface area contributed by atoms with E-state index in [1.54, 1.807) is 0 Å². The highest BCUT2D eigenvalue weighted by atomic mass is 35.5. The topological polar surface area (TPSA) is 34.0 Å². The Morgan fingerprint density at radius 3 is 2.47 bits per heavy atom. The third kappa shape index (κ3) is 4.12. The van der Waals surface area contributed by atoms with Gasteiger partial charge in [-0.3, -0.25) is 4.79 Å². The summed E-state index contributed by atoms with van der Waals surface area (Å²) in [5.41, 5.74) is 7.77. The van der Waals surface area contributed by atoms with Crippen LogP contribution in [0.15, 0.2) is 66.7 Å². The quantitative estimate of drug-likeness (QED) is 0.413. The van der Waals surface area contributed by atoms with Crippen molar-refractivity contribution in [1.82, 2.24) is 9.88 Å². The van der Waals surface area contributed by atoms with Crippen molar-refractivity contribution in [1.29, 1.82) is 0 Å². The van der Waals surface area contributed by atoms with Crippen molar-refractivity contribution < 1.29 is 4.79 Å². The number of carbonyl (C=O) groups excluding carboxylic acids is 1. The molecule has 4 rings (SSSR count). The Morgan fingerprint density at radius 1 is 0.933 bits per heavy atom. The van der Waals surface area contributed by atoms with Crippen LogP contribution in [-0.2, 0) is 13.1 Å². The minimum Gasteiger partial charge on any atom is -0.348 e. The number of amides is 1. The molecule has 0 bridgehead atoms. The first-order valence-corrected chi connectivity index (χ1v) is 10.5. The summed E-state index contributed by atoms with van der Waals surface area (Å²) in [5, 5.41) is 4.78. The van der Waals surface area contributed by atoms with Crippen LogP contribution in [0.2, 0.25) is 5.02 Å². The molecule has 0 aliphatic heterocycles. The molecule has 0 saturated carbocycles. The molecule has 152 valence electrons. The standard InChI is InChI=1S/C26H25ClN2O/c1-17-6-4-8-21(12-17)16-29-19(3)18(2)24-14-22(10-11-25(24)29)26(30)28-15-20-7-5-9-23(27)13-20/h4-14H,15-16H2,1-3H3,(H,28,30). The van der Waals surface area contributed by atoms with Gasteiger partial charge >= 0.3 is 0 Å². The predicted octanol–water partition coefficient (Wildman–Crippen LogP) is 6.20. The summed E-state index contributed by atoms with van der Waals surface area (Å²) in [5.74, 6) is -0.0830. The van der Waals surface area contributed by atoms with Crippen LogP contribution in [0, 0.1) is 20.8 Å². The number of benzene rings is 3. The average Bonchev–Trinajstić information content (AvgIpc) is 2.96. The molecule has 1 heterocycles. The summed E-state index contributed by atoms with van der Waals surface area (Å²) in [6.07, 6.45) is 0. The Balaban J connectivity index is 1.59. The van der Waals surface area contributed by atoms with Crippen molar-refractivity contribution in [2.45, 2.75) is 33.9 Å². The predicted molar refractivity (Wildman–Crippen MR) is 124 cm³/mol. The van der Waals surface area contributed by atoms with Crippen molar-refractivity contribution in [3.8, 4) is 0 Å². The molecule has 4 heteroatoms. The Bertz CT molecular complexity index is 1240. The summed E-state index contributed by atoms with van der Waals surface area (Å²) in [4.78, 5) is 12.7. The Morgan fingerprint density at radius 2 is 1.70 bits per heavy atom. The molecule has 1 aromatic heterocycles. The zero-order valence-electron chi connectivity index (χ0n) is 17.5. The maximum atomic E-state index is 12.7. The molecule has 0 aliphatic carbocycles. The molecule has 0 aliphatic rings. The van der Waals surface area contributed by atoms with Crippen LogP contribution in [0.5, 0.6) is 0 Å². The number of nitrogens with one attached hydrogen (secondary N) is 1. The van der Waals surface area contributed by atoms with E-state index in [1.165, 1.54) is 22.4 Å². The minimum atomic E-state index is -0.0830. The molecule has 3 aromatic carbocycles. The second kappa shape index (κ2) is 8.37. The Labute approximate surface area is 182 Å². The number of hydrogen-bond donors (Lipinski definition) is 1. The molecule has 0 spiro atoms. The van der Waals surface area contributed by atoms with E-state index in [1.807, 2.05) is 36.4 Å². The minimum absolute atomic E-state index is 0.0830. The van der Waals surface area contributed by atoms with Crippen LogP contribution in [0.3, 0.4) is 0 Å². The van der Waals surface area contributed by atoms with E-state index in [0.717, 1.165) is 23.0 Å². The van der Waals surface area contributed by atoms with E-state index in [0.29, 0.717) is 17.1 Å². The number of halogens is 1. The van der Waals surface area contributed by atoms with E-state index >= 15 is 0 Å². The molecule has 0 fully saturated rings. The average molecular weight is 417 g/mol. The summed E-state index contributed by atoms with van der Waals surface area (Å²) >= 11 is 6.03. The lowest BCUT2D eigenvalue weighted by Crippen LogP contribution is -2.22. The van der Waals surface area contributed by atoms with Crippen molar-refractivity contribution in [3.63, 3.8) is 0 Å². The highest BCUT2D eigenvalue weighted by Crippen LogP contribution is 2.27. The maximum absolute atomic E-state index is 12.7. The first-order chi connectivity index (χ1) is 14.4. The van der Waals surface area contributed by atoms with E-state index in [9.17, 15) is 4.79 Å². The summed E-state index contributed by atoms with van der Waals surface area (Å²) < 4.78 is 2.33. The van der Waals surface area contributed by atoms with Crippen LogP contribution < -0.4 is 5.32 Å². The Hall–Kier alpha value is -3.04. The molecule has 1 amide bonds. The van der Waals surface area contributed by atoms with Gasteiger partial charge in [-0.25, -0.2) is 0 Å². The fourth-order valence-corrected chi connectivity index (χ4v) is 4.13. The lowest BCUT2D eigenvalue weighted by Gasteiger charge is -2.10. The monoisotopic (exact) mass is 416 g/mol. The van der Waals surface area contributed by atoms with Crippen molar-refractivity contribution in [2.24, 2.45) is 0 Å². The summed E-state index contributed by atoms with van der Waals surface area (Å²) in [6, 6.07) is 22.1. The fraction of sp³-hybridized carbons (Fsp3) is 0.192. The van der Waals surface area contributed by atoms with Gasteiger partial charge in [0.15, 0.2) is 0 Å². The van der Waals surface area contributed by atoms with Gasteiger partial charge in [0.2, 0.25) is 0 Å². The molecule has 0 unspecified atom stereocenters. The van der Waals surface area contributed by atoms with Gasteiger partial charge in [-0.05, 0) is 67.8 Å². The maximum Gasteiger partial charge on any atom is 0.251 e. The molecule has 0 saturated heterocycles. The highest BCUT2D eigenvalue weighted by molar-refractivity contribution is 6.30. The van der Waals surface area contributed by atoms with Gasteiger partial charge in [0.05, 0.1) is 0 Å². The smallest absolute Gasteiger partial charge is 0.251 e. The zero-order chi connectivity index (χ0) is 21.3. The van der Waals surface area contributed by atoms with Gasteiger partial charge in [-0.15, -0.1) is 0 Å². The summed E-state index contributed by atoms with van der Waals surface area (Å²) in [7, 11) is 0. The van der Waals surface area contributed by atoms with Crippen LogP contribution >= 0.6 is 11.6 Å². The van der Waals surface area contributed by atoms with Gasteiger partial charge in [-0.1, -0.05) is 53.6 Å². The van der Waals surface area contributed by atoms with Crippen LogP contribution in [0.1, 0.15) is 38.3 Å². The van der Waals surface area contributed by atoms with Crippen LogP contribution in [0.4, 0.5) is 0 Å². The first kappa shape index (κ1) is 20.2. The van der Waals surface area contributed by atoms with Gasteiger partial charge < -0.3 is 9.88 Å². The Kier molecular flexibility index (Phi) is 5.65. The van der Waals surface area contributed by atoms with Crippen LogP contribution in [0.25, 0.3) is 10.9 Å². The van der Waals surface area contributed by atoms with E-state index in [4.69, 9.17) is 11.6 Å². The number of aryl methyl sites for hydroxylation is 2. The van der Waals surface area contributed by atoms with Crippen molar-refractivity contribution in [3.05, 3.63) is 105 Å². The third-order valence-corrected chi connectivity index (χ3v) is 5.90. The van der Waals surface area contributed by atoms with Gasteiger partial charge in [0, 0.05) is 40.3 Å². The molecule has 3 nitrogen and oxygen atoms in total. The SMILES string of the molecule is Cc1cccc(Cn2c(C)c(C)c3cc(C(=O)NCc4cccc(Cl)c4)ccc32)c1. The van der Waals surface area contributed by atoms with E-state index < -0.39 is 0 Å². The zero-order valence-corrected chi connectivity index (χ0v) is 18.3. The number of aromatic nitrogens is 1. The second-order valence-corrected chi connectivity index (χ2v) is 8.27. The second-order valence-electron chi connectivity index (χ2n) is 7.83. The van der Waals surface area contributed by atoms with Crippen molar-refractivity contribution in [2.75, 3.05) is 0 Å². The van der Waals surface area contributed by atoms with E-state index in [2.05, 4.69) is 61.0 Å². The summed E-state index contributed by atoms with van der Waals surface area (Å²) in [6.45, 7) is 7.65. The molecule has 30 heavy (non-hydrogen) atoms. The van der Waals surface area contributed by atoms with Gasteiger partial charge in [0.25, 0.3) is 5.91 Å². The first-order valence-electron chi connectivity index (χ1n) is 10.1. The normalized spacial score (nSPS) is 11.1. The highest BCUT2D eigenvalue weighted by Gasteiger charge is 2.14. The molecule has 1 N–H and O–H groups in total.